The summed E-state index contributed by atoms with van der Waals surface area (Å²) in [6.07, 6.45) is 5.65. The first-order valence-corrected chi connectivity index (χ1v) is 40.9. The fourth-order valence-corrected chi connectivity index (χ4v) is 8.93. The molecule has 0 rings (SSSR count). The standard InChI is InChI=1S/2C22H37NO8.C20H33NO8.C20H33NO7S/c2*1-8-10-27-12-18(13-28-11-9-2)31-21(26)23-22(7,14-29-19(24)16(3)4)15-30-20(25)17(5)6;1-6-10-11-26-13-16(12-25-9-4)29-19(24)21-20(5,14-27-17(22)7-2)15-28-18(23)8-3;1-6-10-25-12-16(13-29-11-7-2)28-19(24)21-20(5,14-26-17(22)8-3)15-27-18(23)9-4/h2*18H,3,5,8-15H2,1-2,4,6-7H3,(H,23,26);7-8,16H,2-3,6,9-15H2,1,4-5H3,(H,21,24);8-9,16H,3-4,6-7,10-15H2,1-2,5H3,(H,21,24). The van der Waals surface area contributed by atoms with Gasteiger partial charge < -0.3 is 111 Å². The molecule has 0 aliphatic carbocycles. The third-order valence-electron chi connectivity index (χ3n) is 14.4. The van der Waals surface area contributed by atoms with Gasteiger partial charge in [-0.1, -0.05) is 108 Å². The van der Waals surface area contributed by atoms with Crippen molar-refractivity contribution in [2.24, 2.45) is 0 Å². The summed E-state index contributed by atoms with van der Waals surface area (Å²) in [6, 6.07) is 0. The Morgan fingerprint density at radius 2 is 0.525 bits per heavy atom. The zero-order valence-corrected chi connectivity index (χ0v) is 74.8. The highest BCUT2D eigenvalue weighted by Crippen LogP contribution is 2.17. The number of carbonyl (C=O) groups excluding carboxylic acids is 12. The Morgan fingerprint density at radius 1 is 0.308 bits per heavy atom. The average Bonchev–Trinajstić information content (AvgIpc) is 0.880. The van der Waals surface area contributed by atoms with Crippen molar-refractivity contribution in [1.29, 1.82) is 0 Å². The number of hydrogen-bond donors (Lipinski definition) is 4. The maximum Gasteiger partial charge on any atom is 0.408 e. The van der Waals surface area contributed by atoms with E-state index in [-0.39, 0.29) is 121 Å². The van der Waals surface area contributed by atoms with Crippen LogP contribution in [0.3, 0.4) is 0 Å². The van der Waals surface area contributed by atoms with Crippen molar-refractivity contribution in [3.8, 4) is 0 Å². The Morgan fingerprint density at radius 3 is 0.733 bits per heavy atom. The molecular formula is C84H140N4O31S. The number of nitrogens with one attached hydrogen (secondary N) is 4. The molecule has 0 bridgehead atoms. The van der Waals surface area contributed by atoms with Crippen LogP contribution in [0.25, 0.3) is 0 Å². The Balaban J connectivity index is -0.000000748. The second kappa shape index (κ2) is 71.6. The van der Waals surface area contributed by atoms with E-state index in [0.717, 1.165) is 81.4 Å². The lowest BCUT2D eigenvalue weighted by atomic mass is 10.1. The molecule has 0 spiro atoms. The maximum atomic E-state index is 12.5. The molecular weight excluding hydrogens is 1590 g/mol. The van der Waals surface area contributed by atoms with E-state index < -0.39 is 119 Å². The third-order valence-corrected chi connectivity index (χ3v) is 15.7. The van der Waals surface area contributed by atoms with Crippen LogP contribution in [0.2, 0.25) is 0 Å². The molecule has 35 nitrogen and oxygen atoms in total. The van der Waals surface area contributed by atoms with Crippen LogP contribution < -0.4 is 21.3 Å². The van der Waals surface area contributed by atoms with Crippen LogP contribution in [0.1, 0.15) is 162 Å². The van der Waals surface area contributed by atoms with Crippen molar-refractivity contribution in [1.82, 2.24) is 21.3 Å². The minimum Gasteiger partial charge on any atom is -0.460 e. The Bertz CT molecular complexity index is 2860. The van der Waals surface area contributed by atoms with Crippen LogP contribution in [-0.2, 0) is 128 Å². The normalized spacial score (nSPS) is 11.4. The summed E-state index contributed by atoms with van der Waals surface area (Å²) in [7, 11) is 0. The van der Waals surface area contributed by atoms with Crippen LogP contribution in [-0.4, -0.2) is 276 Å². The van der Waals surface area contributed by atoms with Crippen LogP contribution in [0.5, 0.6) is 0 Å². The number of esters is 8. The second-order valence-electron chi connectivity index (χ2n) is 28.1. The van der Waals surface area contributed by atoms with E-state index in [1.54, 1.807) is 32.5 Å². The van der Waals surface area contributed by atoms with Gasteiger partial charge in [-0.25, -0.2) is 57.5 Å². The van der Waals surface area contributed by atoms with Crippen molar-refractivity contribution >= 4 is 83.9 Å². The van der Waals surface area contributed by atoms with Gasteiger partial charge in [0.1, 0.15) is 81.1 Å². The van der Waals surface area contributed by atoms with Gasteiger partial charge in [-0.2, -0.15) is 11.8 Å². The molecule has 688 valence electrons. The topological polar surface area (TPSA) is 428 Å². The summed E-state index contributed by atoms with van der Waals surface area (Å²) in [5.74, 6) is -3.68. The molecule has 0 aromatic heterocycles. The second-order valence-corrected chi connectivity index (χ2v) is 29.2. The highest BCUT2D eigenvalue weighted by Gasteiger charge is 2.37. The molecule has 0 aliphatic heterocycles. The van der Waals surface area contributed by atoms with Gasteiger partial charge in [0.2, 0.25) is 0 Å². The largest absolute Gasteiger partial charge is 0.460 e. The fourth-order valence-electron chi connectivity index (χ4n) is 8.04. The minimum atomic E-state index is -1.24. The predicted molar refractivity (Wildman–Crippen MR) is 450 cm³/mol. The van der Waals surface area contributed by atoms with Crippen LogP contribution >= 0.6 is 11.8 Å². The average molecular weight is 1730 g/mol. The maximum absolute atomic E-state index is 12.5. The molecule has 4 amide bonds. The van der Waals surface area contributed by atoms with E-state index in [2.05, 4.69) is 80.8 Å². The molecule has 0 aromatic carbocycles. The van der Waals surface area contributed by atoms with Gasteiger partial charge in [0.15, 0.2) is 18.3 Å². The van der Waals surface area contributed by atoms with E-state index in [1.807, 2.05) is 48.5 Å². The lowest BCUT2D eigenvalue weighted by Crippen LogP contribution is -2.54. The molecule has 0 aromatic rings. The highest BCUT2D eigenvalue weighted by molar-refractivity contribution is 7.99. The first-order valence-electron chi connectivity index (χ1n) is 39.7. The molecule has 2 unspecified atom stereocenters. The molecule has 4 N–H and O–H groups in total. The molecule has 0 fully saturated rings. The first-order chi connectivity index (χ1) is 56.7. The smallest absolute Gasteiger partial charge is 0.408 e. The first kappa shape index (κ1) is 117. The molecule has 36 heteroatoms. The lowest BCUT2D eigenvalue weighted by Gasteiger charge is -2.30. The van der Waals surface area contributed by atoms with Crippen molar-refractivity contribution in [2.45, 2.75) is 209 Å². The minimum absolute atomic E-state index is 0.170. The van der Waals surface area contributed by atoms with Gasteiger partial charge in [-0.3, -0.25) is 0 Å². The van der Waals surface area contributed by atoms with Crippen molar-refractivity contribution in [3.63, 3.8) is 0 Å². The SMILES string of the molecule is C=C(C)C(=O)OCC(C)(COC(=O)C(=C)C)NC(=O)OC(COCCC)COCCC.C=C(C)C(=O)OCC(C)(COC(=O)C(=C)C)NC(=O)OC(COCCC)COCCC.C=CC(=O)OCC(C)(COC(=O)C=C)NC(=O)OC(COCC)COCCCC.C=CC(=O)OCC(C)(COC(=O)C=C)NC(=O)OC(COCCC)CSCCC. The molecule has 0 saturated heterocycles. The van der Waals surface area contributed by atoms with Crippen LogP contribution in [0.4, 0.5) is 19.2 Å². The number of hydrogen-bond acceptors (Lipinski definition) is 32. The summed E-state index contributed by atoms with van der Waals surface area (Å²) in [4.78, 5) is 142. The van der Waals surface area contributed by atoms with Gasteiger partial charge in [0.05, 0.1) is 46.2 Å². The number of rotatable bonds is 64. The fraction of sp³-hybridized carbons (Fsp3) is 0.667. The van der Waals surface area contributed by atoms with Gasteiger partial charge >= 0.3 is 72.1 Å². The van der Waals surface area contributed by atoms with Gasteiger partial charge in [0, 0.05) is 98.6 Å². The van der Waals surface area contributed by atoms with E-state index >= 15 is 0 Å². The van der Waals surface area contributed by atoms with E-state index in [4.69, 9.17) is 90.0 Å². The predicted octanol–water partition coefficient (Wildman–Crippen LogP) is 10.9. The number of unbranched alkanes of at least 4 members (excludes halogenated alkanes) is 1. The molecule has 120 heavy (non-hydrogen) atoms. The van der Waals surface area contributed by atoms with Crippen LogP contribution in [0.15, 0.2) is 99.2 Å². The van der Waals surface area contributed by atoms with E-state index in [1.165, 1.54) is 34.6 Å². The summed E-state index contributed by atoms with van der Waals surface area (Å²) in [6.45, 7) is 58.3. The Kier molecular flexibility index (Phi) is 69.9. The molecule has 2 atom stereocenters. The number of amides is 4. The van der Waals surface area contributed by atoms with Crippen LogP contribution in [0, 0.1) is 0 Å². The van der Waals surface area contributed by atoms with Gasteiger partial charge in [-0.05, 0) is 113 Å². The summed E-state index contributed by atoms with van der Waals surface area (Å²) in [5.41, 5.74) is -4.11. The lowest BCUT2D eigenvalue weighted by molar-refractivity contribution is -0.147. The zero-order chi connectivity index (χ0) is 92.0. The summed E-state index contributed by atoms with van der Waals surface area (Å²) in [5, 5.41) is 10.4. The highest BCUT2D eigenvalue weighted by atomic mass is 32.2. The third kappa shape index (κ3) is 65.7. The molecule has 0 radical (unpaired) electrons. The van der Waals surface area contributed by atoms with Gasteiger partial charge in [0.25, 0.3) is 0 Å². The van der Waals surface area contributed by atoms with E-state index in [0.29, 0.717) is 52.0 Å². The van der Waals surface area contributed by atoms with Gasteiger partial charge in [-0.15, -0.1) is 0 Å². The molecule has 0 saturated carbocycles. The number of ether oxygens (including phenoxy) is 19. The summed E-state index contributed by atoms with van der Waals surface area (Å²) < 4.78 is 101. The Labute approximate surface area is 714 Å². The monoisotopic (exact) mass is 1730 g/mol. The van der Waals surface area contributed by atoms with Crippen molar-refractivity contribution in [3.05, 3.63) is 99.2 Å². The quantitative estimate of drug-likeness (QED) is 0.0190. The summed E-state index contributed by atoms with van der Waals surface area (Å²) >= 11 is 1.67. The van der Waals surface area contributed by atoms with Crippen molar-refractivity contribution < 1.29 is 148 Å². The van der Waals surface area contributed by atoms with Crippen molar-refractivity contribution in [2.75, 3.05) is 157 Å². The number of alkyl carbamates (subject to hydrolysis) is 4. The van der Waals surface area contributed by atoms with E-state index in [9.17, 15) is 57.5 Å². The number of thioether (sulfide) groups is 1. The molecule has 0 aliphatic rings. The molecule has 0 heterocycles. The Hall–Kier alpha value is -9.17. The zero-order valence-electron chi connectivity index (χ0n) is 74.0. The number of carbonyl (C=O) groups is 12.